The fourth-order valence-corrected chi connectivity index (χ4v) is 4.91. The minimum Gasteiger partial charge on any atom is -0.456 e. The molecule has 0 aliphatic carbocycles. The minimum absolute atomic E-state index is 0.708. The Morgan fingerprint density at radius 3 is 1.84 bits per heavy atom. The molecule has 5 aromatic carbocycles. The Morgan fingerprint density at radius 2 is 1.03 bits per heavy atom. The van der Waals surface area contributed by atoms with Gasteiger partial charge in [0.25, 0.3) is 0 Å². The molecule has 0 radical (unpaired) electrons. The Bertz CT molecular complexity index is 1810. The summed E-state index contributed by atoms with van der Waals surface area (Å²) in [7, 11) is 0. The van der Waals surface area contributed by atoms with Gasteiger partial charge in [0.1, 0.15) is 11.2 Å². The van der Waals surface area contributed by atoms with Crippen molar-refractivity contribution in [1.82, 2.24) is 9.97 Å². The van der Waals surface area contributed by atoms with E-state index in [1.165, 1.54) is 0 Å². The zero-order valence-electron chi connectivity index (χ0n) is 20.0. The second kappa shape index (κ2) is 8.89. The van der Waals surface area contributed by atoms with Gasteiger partial charge < -0.3 is 4.42 Å². The van der Waals surface area contributed by atoms with Crippen molar-refractivity contribution in [3.8, 4) is 45.0 Å². The molecule has 0 fully saturated rings. The van der Waals surface area contributed by atoms with Gasteiger partial charge in [-0.15, -0.1) is 0 Å². The van der Waals surface area contributed by atoms with Gasteiger partial charge in [-0.05, 0) is 35.4 Å². The Labute approximate surface area is 214 Å². The summed E-state index contributed by atoms with van der Waals surface area (Å²) < 4.78 is 6.19. The molecule has 0 aliphatic heterocycles. The van der Waals surface area contributed by atoms with Crippen molar-refractivity contribution in [3.05, 3.63) is 133 Å². The monoisotopic (exact) mass is 474 g/mol. The molecular weight excluding hydrogens is 452 g/mol. The summed E-state index contributed by atoms with van der Waals surface area (Å²) in [6.07, 6.45) is 0. The Hall–Kier alpha value is -5.02. The molecule has 0 atom stereocenters. The number of hydrogen-bond acceptors (Lipinski definition) is 3. The quantitative estimate of drug-likeness (QED) is 0.255. The smallest absolute Gasteiger partial charge is 0.160 e. The highest BCUT2D eigenvalue weighted by Crippen LogP contribution is 2.37. The van der Waals surface area contributed by atoms with Crippen molar-refractivity contribution in [3.63, 3.8) is 0 Å². The predicted octanol–water partition coefficient (Wildman–Crippen LogP) is 9.04. The van der Waals surface area contributed by atoms with Crippen molar-refractivity contribution in [2.45, 2.75) is 0 Å². The third-order valence-corrected chi connectivity index (χ3v) is 6.72. The Morgan fingerprint density at radius 1 is 0.405 bits per heavy atom. The lowest BCUT2D eigenvalue weighted by molar-refractivity contribution is 0.669. The third kappa shape index (κ3) is 3.87. The van der Waals surface area contributed by atoms with Gasteiger partial charge in [-0.3, -0.25) is 0 Å². The molecule has 3 heteroatoms. The molecule has 37 heavy (non-hydrogen) atoms. The van der Waals surface area contributed by atoms with E-state index < -0.39 is 0 Å². The van der Waals surface area contributed by atoms with Gasteiger partial charge in [-0.1, -0.05) is 109 Å². The standard InChI is InChI=1S/C34H22N2O/c1-3-11-23(12-4-1)30-22-31(36-34(35-30)24-13-5-2-6-14-24)27-16-8-7-15-26(27)25-19-20-29-28-17-9-10-18-32(28)37-33(29)21-25/h1-22H. The van der Waals surface area contributed by atoms with E-state index in [2.05, 4.69) is 78.9 Å². The van der Waals surface area contributed by atoms with Gasteiger partial charge >= 0.3 is 0 Å². The van der Waals surface area contributed by atoms with Crippen LogP contribution in [0, 0.1) is 0 Å². The second-order valence-corrected chi connectivity index (χ2v) is 9.05. The number of furan rings is 1. The molecule has 2 aromatic heterocycles. The molecule has 174 valence electrons. The van der Waals surface area contributed by atoms with Gasteiger partial charge in [-0.2, -0.15) is 0 Å². The molecule has 0 saturated carbocycles. The van der Waals surface area contributed by atoms with Crippen LogP contribution in [0.25, 0.3) is 67.0 Å². The summed E-state index contributed by atoms with van der Waals surface area (Å²) in [5.41, 5.74) is 8.84. The zero-order chi connectivity index (χ0) is 24.6. The SMILES string of the molecule is c1ccc(-c2cc(-c3ccccc3-c3ccc4c(c3)oc3ccccc34)nc(-c3ccccc3)n2)cc1. The summed E-state index contributed by atoms with van der Waals surface area (Å²) in [5, 5.41) is 2.25. The first-order valence-corrected chi connectivity index (χ1v) is 12.3. The molecule has 7 aromatic rings. The normalized spacial score (nSPS) is 11.2. The first-order valence-electron chi connectivity index (χ1n) is 12.3. The highest BCUT2D eigenvalue weighted by Gasteiger charge is 2.15. The number of hydrogen-bond donors (Lipinski definition) is 0. The largest absolute Gasteiger partial charge is 0.456 e. The molecule has 0 unspecified atom stereocenters. The predicted molar refractivity (Wildman–Crippen MR) is 151 cm³/mol. The fraction of sp³-hybridized carbons (Fsp3) is 0. The van der Waals surface area contributed by atoms with Crippen LogP contribution in [-0.2, 0) is 0 Å². The average Bonchev–Trinajstić information content (AvgIpc) is 3.36. The average molecular weight is 475 g/mol. The summed E-state index contributed by atoms with van der Waals surface area (Å²) in [6.45, 7) is 0. The van der Waals surface area contributed by atoms with Crippen LogP contribution in [-0.4, -0.2) is 9.97 Å². The van der Waals surface area contributed by atoms with E-state index in [1.54, 1.807) is 0 Å². The van der Waals surface area contributed by atoms with E-state index in [0.29, 0.717) is 5.82 Å². The Kier molecular flexibility index (Phi) is 5.11. The first kappa shape index (κ1) is 21.3. The highest BCUT2D eigenvalue weighted by molar-refractivity contribution is 6.06. The van der Waals surface area contributed by atoms with Crippen LogP contribution in [0.3, 0.4) is 0 Å². The molecule has 2 heterocycles. The van der Waals surface area contributed by atoms with Gasteiger partial charge in [0.2, 0.25) is 0 Å². The molecule has 0 N–H and O–H groups in total. The molecule has 3 nitrogen and oxygen atoms in total. The molecular formula is C34H22N2O. The maximum absolute atomic E-state index is 6.19. The van der Waals surface area contributed by atoms with Gasteiger partial charge in [-0.25, -0.2) is 9.97 Å². The van der Waals surface area contributed by atoms with Crippen LogP contribution in [0.1, 0.15) is 0 Å². The fourth-order valence-electron chi connectivity index (χ4n) is 4.91. The second-order valence-electron chi connectivity index (χ2n) is 9.05. The number of rotatable bonds is 4. The van der Waals surface area contributed by atoms with Gasteiger partial charge in [0, 0.05) is 27.5 Å². The molecule has 0 saturated heterocycles. The molecule has 0 spiro atoms. The van der Waals surface area contributed by atoms with E-state index in [4.69, 9.17) is 14.4 Å². The first-order chi connectivity index (χ1) is 18.3. The summed E-state index contributed by atoms with van der Waals surface area (Å²) in [4.78, 5) is 9.99. The van der Waals surface area contributed by atoms with E-state index in [1.807, 2.05) is 54.6 Å². The molecule has 0 aliphatic rings. The number of fused-ring (bicyclic) bond motifs is 3. The van der Waals surface area contributed by atoms with E-state index in [-0.39, 0.29) is 0 Å². The Balaban J connectivity index is 1.42. The number of benzene rings is 5. The molecule has 0 bridgehead atoms. The summed E-state index contributed by atoms with van der Waals surface area (Å²) >= 11 is 0. The van der Waals surface area contributed by atoms with Gasteiger partial charge in [0.05, 0.1) is 11.4 Å². The lowest BCUT2D eigenvalue weighted by Gasteiger charge is -2.13. The van der Waals surface area contributed by atoms with Crippen LogP contribution in [0.4, 0.5) is 0 Å². The van der Waals surface area contributed by atoms with Crippen LogP contribution >= 0.6 is 0 Å². The number of para-hydroxylation sites is 1. The molecule has 0 amide bonds. The topological polar surface area (TPSA) is 38.9 Å². The summed E-state index contributed by atoms with van der Waals surface area (Å²) in [5.74, 6) is 0.708. The van der Waals surface area contributed by atoms with Crippen molar-refractivity contribution in [2.24, 2.45) is 0 Å². The zero-order valence-corrected chi connectivity index (χ0v) is 20.0. The minimum atomic E-state index is 0.708. The highest BCUT2D eigenvalue weighted by atomic mass is 16.3. The maximum Gasteiger partial charge on any atom is 0.160 e. The van der Waals surface area contributed by atoms with E-state index >= 15 is 0 Å². The number of nitrogens with zero attached hydrogens (tertiary/aromatic N) is 2. The van der Waals surface area contributed by atoms with Crippen LogP contribution in [0.5, 0.6) is 0 Å². The maximum atomic E-state index is 6.19. The number of aromatic nitrogens is 2. The van der Waals surface area contributed by atoms with E-state index in [9.17, 15) is 0 Å². The van der Waals surface area contributed by atoms with Crippen LogP contribution in [0.15, 0.2) is 138 Å². The van der Waals surface area contributed by atoms with Crippen LogP contribution < -0.4 is 0 Å². The summed E-state index contributed by atoms with van der Waals surface area (Å²) in [6, 6.07) is 45.5. The lowest BCUT2D eigenvalue weighted by Crippen LogP contribution is -1.97. The lowest BCUT2D eigenvalue weighted by atomic mass is 9.96. The van der Waals surface area contributed by atoms with Crippen molar-refractivity contribution >= 4 is 21.9 Å². The van der Waals surface area contributed by atoms with E-state index in [0.717, 1.165) is 61.1 Å². The van der Waals surface area contributed by atoms with Crippen LogP contribution in [0.2, 0.25) is 0 Å². The van der Waals surface area contributed by atoms with Crippen molar-refractivity contribution in [2.75, 3.05) is 0 Å². The van der Waals surface area contributed by atoms with Crippen molar-refractivity contribution in [1.29, 1.82) is 0 Å². The van der Waals surface area contributed by atoms with Crippen molar-refractivity contribution < 1.29 is 4.42 Å². The third-order valence-electron chi connectivity index (χ3n) is 6.72. The molecule has 7 rings (SSSR count). The van der Waals surface area contributed by atoms with Gasteiger partial charge in [0.15, 0.2) is 5.82 Å².